The van der Waals surface area contributed by atoms with Crippen LogP contribution >= 0.6 is 0 Å². The van der Waals surface area contributed by atoms with Gasteiger partial charge >= 0.3 is 0 Å². The van der Waals surface area contributed by atoms with Gasteiger partial charge in [0.25, 0.3) is 5.91 Å². The lowest BCUT2D eigenvalue weighted by Crippen LogP contribution is -2.36. The Hall–Kier alpha value is -2.37. The molecule has 0 radical (unpaired) electrons. The Morgan fingerprint density at radius 1 is 1.14 bits per heavy atom. The molecule has 1 aliphatic rings. The van der Waals surface area contributed by atoms with Gasteiger partial charge in [-0.25, -0.2) is 4.98 Å². The molecule has 1 N–H and O–H groups in total. The third-order valence-electron chi connectivity index (χ3n) is 4.08. The summed E-state index contributed by atoms with van der Waals surface area (Å²) < 4.78 is 0. The normalized spacial score (nSPS) is 15.9. The number of hydrogen-bond donors (Lipinski definition) is 1. The molecule has 3 rings (SSSR count). The predicted molar refractivity (Wildman–Crippen MR) is 83.6 cm³/mol. The van der Waals surface area contributed by atoms with Crippen LogP contribution < -0.4 is 0 Å². The van der Waals surface area contributed by atoms with Crippen molar-refractivity contribution in [3.8, 4) is 0 Å². The van der Waals surface area contributed by atoms with Crippen molar-refractivity contribution in [1.82, 2.24) is 19.8 Å². The summed E-state index contributed by atoms with van der Waals surface area (Å²) in [6, 6.07) is 5.54. The van der Waals surface area contributed by atoms with Crippen LogP contribution in [0.25, 0.3) is 11.0 Å². The van der Waals surface area contributed by atoms with Crippen molar-refractivity contribution in [2.75, 3.05) is 26.2 Å². The Balaban J connectivity index is 1.78. The van der Waals surface area contributed by atoms with Crippen molar-refractivity contribution >= 4 is 22.8 Å². The Morgan fingerprint density at radius 3 is 2.64 bits per heavy atom. The van der Waals surface area contributed by atoms with E-state index in [4.69, 9.17) is 0 Å². The number of aryl methyl sites for hydroxylation is 1. The van der Waals surface area contributed by atoms with Crippen molar-refractivity contribution in [2.45, 2.75) is 20.3 Å². The van der Waals surface area contributed by atoms with E-state index in [1.807, 2.05) is 30.0 Å². The molecule has 22 heavy (non-hydrogen) atoms. The van der Waals surface area contributed by atoms with Crippen molar-refractivity contribution in [2.24, 2.45) is 0 Å². The molecule has 0 aliphatic carbocycles. The van der Waals surface area contributed by atoms with Gasteiger partial charge in [-0.2, -0.15) is 0 Å². The smallest absolute Gasteiger partial charge is 0.253 e. The van der Waals surface area contributed by atoms with E-state index in [1.54, 1.807) is 11.8 Å². The first-order valence-electron chi connectivity index (χ1n) is 7.56. The van der Waals surface area contributed by atoms with Crippen molar-refractivity contribution in [1.29, 1.82) is 0 Å². The number of hydrogen-bond acceptors (Lipinski definition) is 3. The van der Waals surface area contributed by atoms with Gasteiger partial charge in [0.05, 0.1) is 11.0 Å². The SMILES string of the molecule is CC(=O)N1CCCN(C(=O)c2ccc3nc(C)[nH]c3c2)CC1. The zero-order chi connectivity index (χ0) is 15.7. The lowest BCUT2D eigenvalue weighted by Gasteiger charge is -2.21. The van der Waals surface area contributed by atoms with Crippen LogP contribution in [0.3, 0.4) is 0 Å². The van der Waals surface area contributed by atoms with Gasteiger partial charge in [-0.05, 0) is 31.5 Å². The van der Waals surface area contributed by atoms with E-state index in [1.165, 1.54) is 0 Å². The highest BCUT2D eigenvalue weighted by Crippen LogP contribution is 2.16. The average Bonchev–Trinajstić information content (AvgIpc) is 2.70. The highest BCUT2D eigenvalue weighted by Gasteiger charge is 2.21. The molecule has 0 unspecified atom stereocenters. The topological polar surface area (TPSA) is 69.3 Å². The second-order valence-corrected chi connectivity index (χ2v) is 5.71. The minimum atomic E-state index is 0.0135. The zero-order valence-electron chi connectivity index (χ0n) is 12.9. The number of carbonyl (C=O) groups is 2. The number of nitrogens with one attached hydrogen (secondary N) is 1. The number of carbonyl (C=O) groups excluding carboxylic acids is 2. The van der Waals surface area contributed by atoms with E-state index < -0.39 is 0 Å². The number of rotatable bonds is 1. The standard InChI is InChI=1S/C16H20N4O2/c1-11-17-14-5-4-13(10-15(14)18-11)16(22)20-7-3-6-19(8-9-20)12(2)21/h4-5,10H,3,6-9H2,1-2H3,(H,17,18). The monoisotopic (exact) mass is 300 g/mol. The number of aromatic nitrogens is 2. The van der Waals surface area contributed by atoms with Crippen LogP contribution in [0, 0.1) is 6.92 Å². The summed E-state index contributed by atoms with van der Waals surface area (Å²) >= 11 is 0. The van der Waals surface area contributed by atoms with Gasteiger partial charge < -0.3 is 14.8 Å². The quantitative estimate of drug-likeness (QED) is 0.869. The molecule has 6 nitrogen and oxygen atoms in total. The molecular formula is C16H20N4O2. The molecule has 0 atom stereocenters. The number of benzene rings is 1. The molecule has 1 aromatic carbocycles. The van der Waals surface area contributed by atoms with Crippen LogP contribution in [0.5, 0.6) is 0 Å². The number of aromatic amines is 1. The first-order valence-corrected chi connectivity index (χ1v) is 7.56. The molecule has 2 aromatic rings. The van der Waals surface area contributed by atoms with E-state index in [9.17, 15) is 9.59 Å². The Bertz CT molecular complexity index is 722. The number of fused-ring (bicyclic) bond motifs is 1. The van der Waals surface area contributed by atoms with Crippen molar-refractivity contribution in [3.05, 3.63) is 29.6 Å². The molecule has 116 valence electrons. The van der Waals surface area contributed by atoms with Crippen molar-refractivity contribution in [3.63, 3.8) is 0 Å². The van der Waals surface area contributed by atoms with Crippen molar-refractivity contribution < 1.29 is 9.59 Å². The van der Waals surface area contributed by atoms with Crippen LogP contribution in [0.1, 0.15) is 29.5 Å². The predicted octanol–water partition coefficient (Wildman–Crippen LogP) is 1.57. The third-order valence-corrected chi connectivity index (χ3v) is 4.08. The minimum Gasteiger partial charge on any atom is -0.342 e. The number of amides is 2. The summed E-state index contributed by atoms with van der Waals surface area (Å²) in [6.07, 6.45) is 0.816. The number of H-pyrrole nitrogens is 1. The largest absolute Gasteiger partial charge is 0.342 e. The lowest BCUT2D eigenvalue weighted by atomic mass is 10.1. The Morgan fingerprint density at radius 2 is 1.86 bits per heavy atom. The van der Waals surface area contributed by atoms with E-state index in [0.29, 0.717) is 25.2 Å². The molecular weight excluding hydrogens is 280 g/mol. The number of imidazole rings is 1. The highest BCUT2D eigenvalue weighted by molar-refractivity contribution is 5.97. The molecule has 1 aromatic heterocycles. The molecule has 0 bridgehead atoms. The fourth-order valence-electron chi connectivity index (χ4n) is 2.89. The van der Waals surface area contributed by atoms with Gasteiger partial charge in [0, 0.05) is 38.7 Å². The van der Waals surface area contributed by atoms with E-state index in [2.05, 4.69) is 9.97 Å². The van der Waals surface area contributed by atoms with Crippen LogP contribution in [0.2, 0.25) is 0 Å². The molecule has 2 heterocycles. The average molecular weight is 300 g/mol. The maximum absolute atomic E-state index is 12.7. The highest BCUT2D eigenvalue weighted by atomic mass is 16.2. The van der Waals surface area contributed by atoms with Gasteiger partial charge in [-0.1, -0.05) is 0 Å². The molecule has 1 fully saturated rings. The first-order chi connectivity index (χ1) is 10.5. The second-order valence-electron chi connectivity index (χ2n) is 5.71. The molecule has 1 saturated heterocycles. The maximum atomic E-state index is 12.7. The van der Waals surface area contributed by atoms with E-state index in [-0.39, 0.29) is 11.8 Å². The second kappa shape index (κ2) is 5.79. The molecule has 0 saturated carbocycles. The summed E-state index contributed by atoms with van der Waals surface area (Å²) in [7, 11) is 0. The van der Waals surface area contributed by atoms with Crippen LogP contribution in [0.4, 0.5) is 0 Å². The minimum absolute atomic E-state index is 0.0135. The Kier molecular flexibility index (Phi) is 3.83. The first kappa shape index (κ1) is 14.6. The fourth-order valence-corrected chi connectivity index (χ4v) is 2.89. The van der Waals surface area contributed by atoms with Crippen LogP contribution in [0.15, 0.2) is 18.2 Å². The van der Waals surface area contributed by atoms with Gasteiger partial charge in [-0.3, -0.25) is 9.59 Å². The Labute approximate surface area is 129 Å². The number of nitrogens with zero attached hydrogens (tertiary/aromatic N) is 3. The van der Waals surface area contributed by atoms with Gasteiger partial charge in [0.15, 0.2) is 0 Å². The summed E-state index contributed by atoms with van der Waals surface area (Å²) in [4.78, 5) is 35.3. The summed E-state index contributed by atoms with van der Waals surface area (Å²) in [5, 5.41) is 0. The van der Waals surface area contributed by atoms with E-state index >= 15 is 0 Å². The van der Waals surface area contributed by atoms with Gasteiger partial charge in [-0.15, -0.1) is 0 Å². The zero-order valence-corrected chi connectivity index (χ0v) is 12.9. The summed E-state index contributed by atoms with van der Waals surface area (Å²) in [6.45, 7) is 6.06. The van der Waals surface area contributed by atoms with Crippen LogP contribution in [-0.4, -0.2) is 57.8 Å². The molecule has 0 spiro atoms. The van der Waals surface area contributed by atoms with Gasteiger partial charge in [0.1, 0.15) is 5.82 Å². The third kappa shape index (κ3) is 2.81. The lowest BCUT2D eigenvalue weighted by molar-refractivity contribution is -0.128. The summed E-state index contributed by atoms with van der Waals surface area (Å²) in [5.74, 6) is 0.926. The molecule has 2 amide bonds. The molecule has 1 aliphatic heterocycles. The fraction of sp³-hybridized carbons (Fsp3) is 0.438. The summed E-state index contributed by atoms with van der Waals surface area (Å²) in [5.41, 5.74) is 2.41. The maximum Gasteiger partial charge on any atom is 0.253 e. The van der Waals surface area contributed by atoms with E-state index in [0.717, 1.165) is 29.8 Å². The van der Waals surface area contributed by atoms with Gasteiger partial charge in [0.2, 0.25) is 5.91 Å². The molecule has 6 heteroatoms. The van der Waals surface area contributed by atoms with Crippen LogP contribution in [-0.2, 0) is 4.79 Å².